The van der Waals surface area contributed by atoms with Crippen molar-refractivity contribution in [2.45, 2.75) is 16.6 Å². The van der Waals surface area contributed by atoms with Gasteiger partial charge in [-0.3, -0.25) is 0 Å². The minimum atomic E-state index is 0.141. The maximum absolute atomic E-state index is 9.81. The highest BCUT2D eigenvalue weighted by atomic mass is 79.9. The third-order valence-electron chi connectivity index (χ3n) is 4.84. The fraction of sp³-hybridized carbons (Fsp3) is 0.0909. The molecule has 1 heterocycles. The quantitative estimate of drug-likeness (QED) is 0.438. The molecule has 1 atom stereocenters. The number of rotatable bonds is 2. The van der Waals surface area contributed by atoms with E-state index in [2.05, 4.69) is 28.1 Å². The SMILES string of the molecule is N#Cc1c(N)c(C#N)c(-c2ccc(Br)cc2)c2c1CC(c1ccc(Cl)cc1)S2. The van der Waals surface area contributed by atoms with E-state index >= 15 is 0 Å². The third kappa shape index (κ3) is 3.16. The van der Waals surface area contributed by atoms with Crippen molar-refractivity contribution in [3.05, 3.63) is 80.3 Å². The van der Waals surface area contributed by atoms with Gasteiger partial charge in [0, 0.05) is 25.2 Å². The molecule has 6 heteroatoms. The van der Waals surface area contributed by atoms with Crippen LogP contribution in [0.3, 0.4) is 0 Å². The summed E-state index contributed by atoms with van der Waals surface area (Å²) in [6.45, 7) is 0. The van der Waals surface area contributed by atoms with Gasteiger partial charge >= 0.3 is 0 Å². The number of thioether (sulfide) groups is 1. The second-order valence-corrected chi connectivity index (χ2v) is 9.00. The van der Waals surface area contributed by atoms with E-state index in [-0.39, 0.29) is 10.9 Å². The molecule has 0 radical (unpaired) electrons. The standard InChI is InChI=1S/C22H13BrClN3S/c23-14-5-1-13(2-6-14)20-18(11-26)21(27)17(10-25)16-9-19(28-22(16)20)12-3-7-15(24)8-4-12/h1-8,19H,9,27H2. The van der Waals surface area contributed by atoms with E-state index in [9.17, 15) is 10.5 Å². The minimum absolute atomic E-state index is 0.141. The Morgan fingerprint density at radius 2 is 1.64 bits per heavy atom. The topological polar surface area (TPSA) is 73.6 Å². The van der Waals surface area contributed by atoms with Crippen LogP contribution in [0.4, 0.5) is 5.69 Å². The van der Waals surface area contributed by atoms with Gasteiger partial charge in [0.15, 0.2) is 0 Å². The van der Waals surface area contributed by atoms with Gasteiger partial charge in [-0.1, -0.05) is 51.8 Å². The molecule has 28 heavy (non-hydrogen) atoms. The molecule has 0 fully saturated rings. The Kier molecular flexibility index (Phi) is 5.08. The Hall–Kier alpha value is -2.44. The van der Waals surface area contributed by atoms with Crippen LogP contribution >= 0.6 is 39.3 Å². The van der Waals surface area contributed by atoms with Crippen LogP contribution < -0.4 is 5.73 Å². The van der Waals surface area contributed by atoms with E-state index in [1.807, 2.05) is 48.5 Å². The largest absolute Gasteiger partial charge is 0.397 e. The fourth-order valence-corrected chi connectivity index (χ4v) is 5.38. The molecule has 2 N–H and O–H groups in total. The van der Waals surface area contributed by atoms with Crippen LogP contribution in [0, 0.1) is 22.7 Å². The molecule has 0 saturated carbocycles. The van der Waals surface area contributed by atoms with Gasteiger partial charge in [-0.15, -0.1) is 11.8 Å². The summed E-state index contributed by atoms with van der Waals surface area (Å²) < 4.78 is 0.958. The molecular formula is C22H13BrClN3S. The number of fused-ring (bicyclic) bond motifs is 1. The fourth-order valence-electron chi connectivity index (χ4n) is 3.49. The van der Waals surface area contributed by atoms with E-state index in [1.165, 1.54) is 0 Å². The summed E-state index contributed by atoms with van der Waals surface area (Å²) in [6.07, 6.45) is 0.684. The van der Waals surface area contributed by atoms with Gasteiger partial charge in [-0.05, 0) is 47.4 Å². The Morgan fingerprint density at radius 1 is 1.00 bits per heavy atom. The van der Waals surface area contributed by atoms with Crippen molar-refractivity contribution in [3.63, 3.8) is 0 Å². The summed E-state index contributed by atoms with van der Waals surface area (Å²) in [5.41, 5.74) is 11.1. The van der Waals surface area contributed by atoms with Crippen molar-refractivity contribution in [1.29, 1.82) is 10.5 Å². The summed E-state index contributed by atoms with van der Waals surface area (Å²) in [5.74, 6) is 0. The van der Waals surface area contributed by atoms with Crippen molar-refractivity contribution in [3.8, 4) is 23.3 Å². The molecule has 3 aromatic rings. The average Bonchev–Trinajstić information content (AvgIpc) is 3.13. The lowest BCUT2D eigenvalue weighted by Gasteiger charge is -2.15. The van der Waals surface area contributed by atoms with E-state index in [1.54, 1.807) is 11.8 Å². The number of nitriles is 2. The van der Waals surface area contributed by atoms with Crippen LogP contribution in [0.25, 0.3) is 11.1 Å². The Bertz CT molecular complexity index is 1160. The van der Waals surface area contributed by atoms with Gasteiger partial charge in [0.05, 0.1) is 16.8 Å². The highest BCUT2D eigenvalue weighted by Crippen LogP contribution is 2.54. The zero-order valence-corrected chi connectivity index (χ0v) is 17.7. The van der Waals surface area contributed by atoms with Gasteiger partial charge in [-0.25, -0.2) is 0 Å². The number of hydrogen-bond donors (Lipinski definition) is 1. The van der Waals surface area contributed by atoms with Gasteiger partial charge in [0.25, 0.3) is 0 Å². The minimum Gasteiger partial charge on any atom is -0.397 e. The zero-order chi connectivity index (χ0) is 19.8. The number of hydrogen-bond acceptors (Lipinski definition) is 4. The third-order valence-corrected chi connectivity index (χ3v) is 7.03. The molecule has 1 aliphatic rings. The van der Waals surface area contributed by atoms with Gasteiger partial charge in [-0.2, -0.15) is 10.5 Å². The van der Waals surface area contributed by atoms with Gasteiger partial charge in [0.2, 0.25) is 0 Å². The van der Waals surface area contributed by atoms with Crippen molar-refractivity contribution >= 4 is 45.0 Å². The first-order valence-electron chi connectivity index (χ1n) is 8.50. The lowest BCUT2D eigenvalue weighted by Crippen LogP contribution is -2.03. The normalized spacial score (nSPS) is 14.9. The molecule has 3 nitrogen and oxygen atoms in total. The molecule has 0 amide bonds. The van der Waals surface area contributed by atoms with Crippen LogP contribution in [0.2, 0.25) is 5.02 Å². The predicted octanol–water partition coefficient (Wildman–Crippen LogP) is 6.48. The van der Waals surface area contributed by atoms with E-state index in [0.29, 0.717) is 22.6 Å². The molecule has 3 aromatic carbocycles. The Morgan fingerprint density at radius 3 is 2.25 bits per heavy atom. The molecule has 0 aromatic heterocycles. The van der Waals surface area contributed by atoms with E-state index in [0.717, 1.165) is 31.6 Å². The second kappa shape index (κ2) is 7.53. The average molecular weight is 467 g/mol. The summed E-state index contributed by atoms with van der Waals surface area (Å²) in [5, 5.41) is 20.4. The molecule has 0 spiro atoms. The number of halogens is 2. The first-order valence-corrected chi connectivity index (χ1v) is 10.5. The van der Waals surface area contributed by atoms with Gasteiger partial charge in [0.1, 0.15) is 12.1 Å². The van der Waals surface area contributed by atoms with Crippen molar-refractivity contribution in [1.82, 2.24) is 0 Å². The molecule has 0 saturated heterocycles. The Balaban J connectivity index is 1.93. The van der Waals surface area contributed by atoms with Crippen LogP contribution in [0.1, 0.15) is 27.5 Å². The Labute approximate surface area is 180 Å². The molecule has 1 aliphatic heterocycles. The lowest BCUT2D eigenvalue weighted by atomic mass is 9.90. The first kappa shape index (κ1) is 18.9. The highest BCUT2D eigenvalue weighted by molar-refractivity contribution is 9.10. The molecular weight excluding hydrogens is 454 g/mol. The smallest absolute Gasteiger partial charge is 0.102 e. The van der Waals surface area contributed by atoms with Crippen molar-refractivity contribution < 1.29 is 0 Å². The molecule has 136 valence electrons. The summed E-state index contributed by atoms with van der Waals surface area (Å²) >= 11 is 11.2. The van der Waals surface area contributed by atoms with Crippen molar-refractivity contribution in [2.75, 3.05) is 5.73 Å². The lowest BCUT2D eigenvalue weighted by molar-refractivity contribution is 0.946. The molecule has 0 aliphatic carbocycles. The number of nitrogens with two attached hydrogens (primary N) is 1. The van der Waals surface area contributed by atoms with Crippen LogP contribution in [0.5, 0.6) is 0 Å². The summed E-state index contributed by atoms with van der Waals surface area (Å²) in [7, 11) is 0. The maximum atomic E-state index is 9.81. The number of anilines is 1. The summed E-state index contributed by atoms with van der Waals surface area (Å²) in [6, 6.07) is 20.0. The highest BCUT2D eigenvalue weighted by Gasteiger charge is 2.32. The molecule has 0 bridgehead atoms. The maximum Gasteiger partial charge on any atom is 0.102 e. The van der Waals surface area contributed by atoms with E-state index in [4.69, 9.17) is 17.3 Å². The first-order chi connectivity index (χ1) is 13.5. The van der Waals surface area contributed by atoms with Crippen LogP contribution in [0.15, 0.2) is 57.9 Å². The number of nitrogens with zero attached hydrogens (tertiary/aromatic N) is 2. The zero-order valence-electron chi connectivity index (χ0n) is 14.5. The second-order valence-electron chi connectivity index (χ2n) is 6.44. The van der Waals surface area contributed by atoms with Crippen LogP contribution in [-0.4, -0.2) is 0 Å². The van der Waals surface area contributed by atoms with Gasteiger partial charge < -0.3 is 5.73 Å². The van der Waals surface area contributed by atoms with Crippen molar-refractivity contribution in [2.24, 2.45) is 0 Å². The van der Waals surface area contributed by atoms with E-state index < -0.39 is 0 Å². The monoisotopic (exact) mass is 465 g/mol. The number of nitrogen functional groups attached to an aromatic ring is 1. The molecule has 1 unspecified atom stereocenters. The predicted molar refractivity (Wildman–Crippen MR) is 117 cm³/mol. The molecule has 4 rings (SSSR count). The van der Waals surface area contributed by atoms with Crippen LogP contribution in [-0.2, 0) is 6.42 Å². The summed E-state index contributed by atoms with van der Waals surface area (Å²) in [4.78, 5) is 0.963. The number of benzene rings is 3.